The molecule has 0 unspecified atom stereocenters. The summed E-state index contributed by atoms with van der Waals surface area (Å²) in [5.41, 5.74) is 2.62. The first-order valence-electron chi connectivity index (χ1n) is 9.48. The van der Waals surface area contributed by atoms with Crippen LogP contribution in [0.4, 0.5) is 0 Å². The van der Waals surface area contributed by atoms with Gasteiger partial charge in [0, 0.05) is 40.8 Å². The predicted molar refractivity (Wildman–Crippen MR) is 106 cm³/mol. The van der Waals surface area contributed by atoms with Crippen LogP contribution in [0, 0.1) is 0 Å². The van der Waals surface area contributed by atoms with Crippen molar-refractivity contribution in [2.24, 2.45) is 0 Å². The second-order valence-corrected chi connectivity index (χ2v) is 8.14. The summed E-state index contributed by atoms with van der Waals surface area (Å²) >= 11 is 1.68. The SMILES string of the molecule is CCCOc1ccc([C@@H]2CC(=O)NC3=C2C(=O)C[C@@H](c2cccs2)C3)cc1. The lowest BCUT2D eigenvalue weighted by Gasteiger charge is -2.34. The Morgan fingerprint density at radius 3 is 2.63 bits per heavy atom. The number of benzene rings is 1. The molecule has 1 amide bonds. The maximum Gasteiger partial charge on any atom is 0.225 e. The number of carbonyl (C=O) groups excluding carboxylic acids is 2. The van der Waals surface area contributed by atoms with E-state index in [1.54, 1.807) is 11.3 Å². The smallest absolute Gasteiger partial charge is 0.225 e. The molecule has 1 aliphatic heterocycles. The molecule has 0 saturated heterocycles. The van der Waals surface area contributed by atoms with Crippen molar-refractivity contribution in [3.63, 3.8) is 0 Å². The Bertz CT molecular complexity index is 867. The minimum Gasteiger partial charge on any atom is -0.494 e. The molecule has 0 saturated carbocycles. The summed E-state index contributed by atoms with van der Waals surface area (Å²) in [5, 5.41) is 5.02. The van der Waals surface area contributed by atoms with Crippen molar-refractivity contribution in [1.82, 2.24) is 5.32 Å². The van der Waals surface area contributed by atoms with Crippen molar-refractivity contribution in [2.75, 3.05) is 6.61 Å². The number of nitrogens with one attached hydrogen (secondary N) is 1. The van der Waals surface area contributed by atoms with Crippen LogP contribution in [0.15, 0.2) is 53.0 Å². The van der Waals surface area contributed by atoms with Gasteiger partial charge in [-0.25, -0.2) is 0 Å². The summed E-state index contributed by atoms with van der Waals surface area (Å²) in [5.74, 6) is 0.976. The average Bonchev–Trinajstić information content (AvgIpc) is 3.20. The van der Waals surface area contributed by atoms with Crippen molar-refractivity contribution in [3.8, 4) is 5.75 Å². The highest BCUT2D eigenvalue weighted by atomic mass is 32.1. The average molecular weight is 381 g/mol. The third-order valence-electron chi connectivity index (χ3n) is 5.24. The molecular formula is C22H23NO3S. The molecule has 1 aromatic heterocycles. The van der Waals surface area contributed by atoms with E-state index in [9.17, 15) is 9.59 Å². The van der Waals surface area contributed by atoms with Gasteiger partial charge in [-0.3, -0.25) is 9.59 Å². The topological polar surface area (TPSA) is 55.4 Å². The van der Waals surface area contributed by atoms with Crippen LogP contribution in [0.5, 0.6) is 5.75 Å². The molecule has 1 aliphatic carbocycles. The lowest BCUT2D eigenvalue weighted by atomic mass is 9.75. The van der Waals surface area contributed by atoms with E-state index in [1.165, 1.54) is 4.88 Å². The zero-order chi connectivity index (χ0) is 18.8. The Hall–Kier alpha value is -2.40. The van der Waals surface area contributed by atoms with Gasteiger partial charge in [0.25, 0.3) is 0 Å². The molecule has 4 rings (SSSR count). The van der Waals surface area contributed by atoms with E-state index in [-0.39, 0.29) is 23.5 Å². The fourth-order valence-electron chi connectivity index (χ4n) is 3.99. The highest BCUT2D eigenvalue weighted by Crippen LogP contribution is 2.43. The van der Waals surface area contributed by atoms with Crippen molar-refractivity contribution in [1.29, 1.82) is 0 Å². The molecular weight excluding hydrogens is 358 g/mol. The quantitative estimate of drug-likeness (QED) is 0.827. The van der Waals surface area contributed by atoms with E-state index in [1.807, 2.05) is 35.7 Å². The summed E-state index contributed by atoms with van der Waals surface area (Å²) in [6.45, 7) is 2.75. The standard InChI is InChI=1S/C22H23NO3S/c1-2-9-26-16-7-5-14(6-8-16)17-13-21(25)23-18-11-15(12-19(24)22(17)18)20-4-3-10-27-20/h3-8,10,15,17H,2,9,11-13H2,1H3,(H,23,25)/t15-,17-/m0/s1. The Balaban J connectivity index is 1.62. The highest BCUT2D eigenvalue weighted by Gasteiger charge is 2.38. The molecule has 5 heteroatoms. The predicted octanol–water partition coefficient (Wildman–Crippen LogP) is 4.54. The van der Waals surface area contributed by atoms with Crippen LogP contribution in [0.2, 0.25) is 0 Å². The molecule has 0 spiro atoms. The van der Waals surface area contributed by atoms with Crippen molar-refractivity contribution in [2.45, 2.75) is 44.4 Å². The Kier molecular flexibility index (Phi) is 5.12. The summed E-state index contributed by atoms with van der Waals surface area (Å²) in [4.78, 5) is 26.5. The molecule has 0 radical (unpaired) electrons. The van der Waals surface area contributed by atoms with Gasteiger partial charge in [0.2, 0.25) is 5.91 Å². The van der Waals surface area contributed by atoms with Gasteiger partial charge in [0.15, 0.2) is 5.78 Å². The van der Waals surface area contributed by atoms with Gasteiger partial charge in [-0.15, -0.1) is 11.3 Å². The van der Waals surface area contributed by atoms with Crippen LogP contribution >= 0.6 is 11.3 Å². The summed E-state index contributed by atoms with van der Waals surface area (Å²) < 4.78 is 5.64. The maximum atomic E-state index is 13.0. The third kappa shape index (κ3) is 3.69. The Labute approximate surface area is 163 Å². The molecule has 0 bridgehead atoms. The van der Waals surface area contributed by atoms with Crippen LogP contribution in [-0.4, -0.2) is 18.3 Å². The number of Topliss-reactive ketones (excluding diaryl/α,β-unsaturated/α-hetero) is 1. The first kappa shape index (κ1) is 18.0. The molecule has 27 heavy (non-hydrogen) atoms. The van der Waals surface area contributed by atoms with Gasteiger partial charge in [0.05, 0.1) is 6.61 Å². The Morgan fingerprint density at radius 1 is 1.11 bits per heavy atom. The van der Waals surface area contributed by atoms with Crippen molar-refractivity contribution >= 4 is 23.0 Å². The molecule has 4 nitrogen and oxygen atoms in total. The van der Waals surface area contributed by atoms with Crippen molar-refractivity contribution in [3.05, 3.63) is 63.5 Å². The summed E-state index contributed by atoms with van der Waals surface area (Å²) in [6.07, 6.45) is 2.52. The van der Waals surface area contributed by atoms with Gasteiger partial charge in [-0.1, -0.05) is 25.1 Å². The fourth-order valence-corrected chi connectivity index (χ4v) is 4.82. The molecule has 2 heterocycles. The van der Waals surface area contributed by atoms with Crippen LogP contribution in [0.3, 0.4) is 0 Å². The summed E-state index contributed by atoms with van der Waals surface area (Å²) in [6, 6.07) is 11.9. The van der Waals surface area contributed by atoms with E-state index >= 15 is 0 Å². The molecule has 1 N–H and O–H groups in total. The molecule has 140 valence electrons. The van der Waals surface area contributed by atoms with Crippen molar-refractivity contribution < 1.29 is 14.3 Å². The van der Waals surface area contributed by atoms with E-state index in [4.69, 9.17) is 4.74 Å². The van der Waals surface area contributed by atoms with Crippen LogP contribution < -0.4 is 10.1 Å². The fraction of sp³-hybridized carbons (Fsp3) is 0.364. The lowest BCUT2D eigenvalue weighted by molar-refractivity contribution is -0.122. The number of carbonyl (C=O) groups is 2. The number of hydrogen-bond donors (Lipinski definition) is 1. The maximum absolute atomic E-state index is 13.0. The van der Waals surface area contributed by atoms with E-state index < -0.39 is 0 Å². The second kappa shape index (κ2) is 7.69. The van der Waals surface area contributed by atoms with Crippen LogP contribution in [0.1, 0.15) is 54.9 Å². The van der Waals surface area contributed by atoms with Gasteiger partial charge in [-0.2, -0.15) is 0 Å². The zero-order valence-corrected chi connectivity index (χ0v) is 16.2. The van der Waals surface area contributed by atoms with Gasteiger partial charge >= 0.3 is 0 Å². The molecule has 2 aliphatic rings. The van der Waals surface area contributed by atoms with Crippen LogP contribution in [-0.2, 0) is 9.59 Å². The second-order valence-electron chi connectivity index (χ2n) is 7.16. The largest absolute Gasteiger partial charge is 0.494 e. The molecule has 2 atom stereocenters. The summed E-state index contributed by atoms with van der Waals surface area (Å²) in [7, 11) is 0. The van der Waals surface area contributed by atoms with Gasteiger partial charge < -0.3 is 10.1 Å². The van der Waals surface area contributed by atoms with Gasteiger partial charge in [-0.05, 0) is 42.0 Å². The first-order chi connectivity index (χ1) is 13.2. The zero-order valence-electron chi connectivity index (χ0n) is 15.4. The van der Waals surface area contributed by atoms with Gasteiger partial charge in [0.1, 0.15) is 5.75 Å². The highest BCUT2D eigenvalue weighted by molar-refractivity contribution is 7.10. The number of ether oxygens (including phenoxy) is 1. The van der Waals surface area contributed by atoms with Crippen LogP contribution in [0.25, 0.3) is 0 Å². The molecule has 1 aromatic carbocycles. The number of ketones is 1. The van der Waals surface area contributed by atoms with E-state index in [0.29, 0.717) is 19.4 Å². The Morgan fingerprint density at radius 2 is 1.93 bits per heavy atom. The monoisotopic (exact) mass is 381 g/mol. The number of thiophene rings is 1. The number of rotatable bonds is 5. The van der Waals surface area contributed by atoms with E-state index in [2.05, 4.69) is 18.3 Å². The minimum absolute atomic E-state index is 0.00955. The number of hydrogen-bond acceptors (Lipinski definition) is 4. The lowest BCUT2D eigenvalue weighted by Crippen LogP contribution is -2.38. The first-order valence-corrected chi connectivity index (χ1v) is 10.4. The number of amides is 1. The third-order valence-corrected chi connectivity index (χ3v) is 6.27. The molecule has 0 fully saturated rings. The van der Waals surface area contributed by atoms with E-state index in [0.717, 1.165) is 35.4 Å². The number of allylic oxidation sites excluding steroid dienone is 2. The normalized spacial score (nSPS) is 22.4. The molecule has 2 aromatic rings. The minimum atomic E-state index is -0.161.